The zero-order valence-corrected chi connectivity index (χ0v) is 11.6. The first kappa shape index (κ1) is 12.0. The Kier molecular flexibility index (Phi) is 2.33. The zero-order chi connectivity index (χ0) is 13.1. The molecule has 0 bridgehead atoms. The Morgan fingerprint density at radius 3 is 2.72 bits per heavy atom. The number of carbonyl (C=O) groups is 1. The van der Waals surface area contributed by atoms with Crippen LogP contribution in [-0.2, 0) is 9.53 Å². The van der Waals surface area contributed by atoms with E-state index in [1.807, 2.05) is 0 Å². The maximum absolute atomic E-state index is 11.9. The number of fused-ring (bicyclic) bond motifs is 3. The molecular formula is C16H22O2. The summed E-state index contributed by atoms with van der Waals surface area (Å²) in [5.41, 5.74) is 3.62. The summed E-state index contributed by atoms with van der Waals surface area (Å²) in [6.45, 7) is 10.7. The predicted molar refractivity (Wildman–Crippen MR) is 71.0 cm³/mol. The zero-order valence-electron chi connectivity index (χ0n) is 11.6. The van der Waals surface area contributed by atoms with E-state index in [9.17, 15) is 4.79 Å². The summed E-state index contributed by atoms with van der Waals surface area (Å²) in [4.78, 5) is 11.9. The molecule has 3 rings (SSSR count). The summed E-state index contributed by atoms with van der Waals surface area (Å²) >= 11 is 0. The molecule has 1 unspecified atom stereocenters. The van der Waals surface area contributed by atoms with Gasteiger partial charge in [-0.15, -0.1) is 0 Å². The Bertz CT molecular complexity index is 473. The third-order valence-electron chi connectivity index (χ3n) is 5.59. The molecule has 2 heteroatoms. The number of hydrogen-bond donors (Lipinski definition) is 0. The van der Waals surface area contributed by atoms with Gasteiger partial charge >= 0.3 is 5.97 Å². The molecule has 0 aromatic rings. The van der Waals surface area contributed by atoms with Crippen molar-refractivity contribution in [3.63, 3.8) is 0 Å². The van der Waals surface area contributed by atoms with E-state index < -0.39 is 0 Å². The van der Waals surface area contributed by atoms with Gasteiger partial charge < -0.3 is 4.74 Å². The summed E-state index contributed by atoms with van der Waals surface area (Å²) in [7, 11) is 0. The van der Waals surface area contributed by atoms with Crippen LogP contribution in [0.25, 0.3) is 0 Å². The van der Waals surface area contributed by atoms with Crippen molar-refractivity contribution in [3.05, 3.63) is 23.3 Å². The van der Waals surface area contributed by atoms with Gasteiger partial charge in [-0.2, -0.15) is 0 Å². The van der Waals surface area contributed by atoms with E-state index >= 15 is 0 Å². The molecule has 0 amide bonds. The lowest BCUT2D eigenvalue weighted by Gasteiger charge is -2.49. The van der Waals surface area contributed by atoms with Gasteiger partial charge in [-0.25, -0.2) is 4.79 Å². The second-order valence-electron chi connectivity index (χ2n) is 6.79. The molecule has 2 aliphatic carbocycles. The molecule has 0 N–H and O–H groups in total. The van der Waals surface area contributed by atoms with Crippen LogP contribution in [0.3, 0.4) is 0 Å². The van der Waals surface area contributed by atoms with Gasteiger partial charge in [0.15, 0.2) is 0 Å². The van der Waals surface area contributed by atoms with Crippen LogP contribution >= 0.6 is 0 Å². The lowest BCUT2D eigenvalue weighted by Crippen LogP contribution is -2.44. The normalized spacial score (nSPS) is 43.6. The smallest absolute Gasteiger partial charge is 0.334 e. The minimum absolute atomic E-state index is 0.0449. The lowest BCUT2D eigenvalue weighted by molar-refractivity contribution is -0.139. The highest BCUT2D eigenvalue weighted by Crippen LogP contribution is 2.60. The van der Waals surface area contributed by atoms with Gasteiger partial charge in [-0.05, 0) is 50.0 Å². The summed E-state index contributed by atoms with van der Waals surface area (Å²) in [5, 5.41) is 0. The minimum atomic E-state index is -0.183. The van der Waals surface area contributed by atoms with E-state index in [4.69, 9.17) is 4.74 Å². The molecule has 2 nitrogen and oxygen atoms in total. The van der Waals surface area contributed by atoms with Gasteiger partial charge in [-0.3, -0.25) is 0 Å². The van der Waals surface area contributed by atoms with Crippen LogP contribution in [0, 0.1) is 10.8 Å². The molecule has 1 saturated heterocycles. The van der Waals surface area contributed by atoms with Gasteiger partial charge in [0.1, 0.15) is 6.10 Å². The summed E-state index contributed by atoms with van der Waals surface area (Å²) < 4.78 is 5.69. The third kappa shape index (κ3) is 1.32. The van der Waals surface area contributed by atoms with Crippen LogP contribution in [0.5, 0.6) is 0 Å². The molecule has 3 aliphatic rings. The summed E-state index contributed by atoms with van der Waals surface area (Å²) in [6.07, 6.45) is 5.79. The molecule has 2 fully saturated rings. The Morgan fingerprint density at radius 2 is 2.00 bits per heavy atom. The molecule has 18 heavy (non-hydrogen) atoms. The number of hydrogen-bond acceptors (Lipinski definition) is 2. The van der Waals surface area contributed by atoms with Crippen molar-refractivity contribution in [2.75, 3.05) is 0 Å². The average Bonchev–Trinajstić information content (AvgIpc) is 2.53. The van der Waals surface area contributed by atoms with E-state index in [1.54, 1.807) is 0 Å². The Labute approximate surface area is 109 Å². The second-order valence-corrected chi connectivity index (χ2v) is 6.79. The second kappa shape index (κ2) is 3.49. The van der Waals surface area contributed by atoms with Crippen molar-refractivity contribution in [1.29, 1.82) is 0 Å². The molecule has 1 heterocycles. The SMILES string of the molecule is C=C1C(=O)O[C@H]2C3=C(C)CCC[C@]3(C)CCC12C. The monoisotopic (exact) mass is 246 g/mol. The highest BCUT2D eigenvalue weighted by atomic mass is 16.6. The molecule has 1 saturated carbocycles. The molecular weight excluding hydrogens is 224 g/mol. The lowest BCUT2D eigenvalue weighted by atomic mass is 9.55. The van der Waals surface area contributed by atoms with Gasteiger partial charge in [0.05, 0.1) is 0 Å². The fourth-order valence-electron chi connectivity index (χ4n) is 4.22. The van der Waals surface area contributed by atoms with Crippen LogP contribution in [-0.4, -0.2) is 12.1 Å². The van der Waals surface area contributed by atoms with Crippen molar-refractivity contribution in [2.24, 2.45) is 10.8 Å². The Hall–Kier alpha value is -1.05. The fraction of sp³-hybridized carbons (Fsp3) is 0.688. The number of rotatable bonds is 0. The van der Waals surface area contributed by atoms with E-state index in [-0.39, 0.29) is 22.9 Å². The maximum atomic E-state index is 11.9. The minimum Gasteiger partial charge on any atom is -0.453 e. The predicted octanol–water partition coefficient (Wildman–Crippen LogP) is 3.77. The molecule has 0 radical (unpaired) electrons. The largest absolute Gasteiger partial charge is 0.453 e. The third-order valence-corrected chi connectivity index (χ3v) is 5.59. The first-order valence-electron chi connectivity index (χ1n) is 6.99. The maximum Gasteiger partial charge on any atom is 0.334 e. The van der Waals surface area contributed by atoms with Gasteiger partial charge in [0.2, 0.25) is 0 Å². The van der Waals surface area contributed by atoms with Crippen LogP contribution in [0.1, 0.15) is 52.9 Å². The van der Waals surface area contributed by atoms with E-state index in [0.717, 1.165) is 19.3 Å². The van der Waals surface area contributed by atoms with Gasteiger partial charge in [0, 0.05) is 11.0 Å². The van der Waals surface area contributed by atoms with Crippen LogP contribution in [0.4, 0.5) is 0 Å². The van der Waals surface area contributed by atoms with Gasteiger partial charge in [0.25, 0.3) is 0 Å². The van der Waals surface area contributed by atoms with Crippen molar-refractivity contribution in [1.82, 2.24) is 0 Å². The first-order valence-corrected chi connectivity index (χ1v) is 6.99. The molecule has 1 aliphatic heterocycles. The van der Waals surface area contributed by atoms with Crippen molar-refractivity contribution in [2.45, 2.75) is 59.0 Å². The van der Waals surface area contributed by atoms with Gasteiger partial charge in [-0.1, -0.05) is 26.0 Å². The Balaban J connectivity index is 2.13. The number of allylic oxidation sites excluding steroid dienone is 1. The molecule has 3 atom stereocenters. The Morgan fingerprint density at radius 1 is 1.28 bits per heavy atom. The van der Waals surface area contributed by atoms with Crippen molar-refractivity contribution >= 4 is 5.97 Å². The topological polar surface area (TPSA) is 26.3 Å². The summed E-state index contributed by atoms with van der Waals surface area (Å²) in [6, 6.07) is 0. The molecule has 0 aromatic carbocycles. The first-order chi connectivity index (χ1) is 8.38. The van der Waals surface area contributed by atoms with E-state index in [0.29, 0.717) is 5.57 Å². The van der Waals surface area contributed by atoms with Crippen molar-refractivity contribution in [3.8, 4) is 0 Å². The van der Waals surface area contributed by atoms with E-state index in [2.05, 4.69) is 27.4 Å². The molecule has 98 valence electrons. The average molecular weight is 246 g/mol. The molecule has 0 spiro atoms. The van der Waals surface area contributed by atoms with Crippen molar-refractivity contribution < 1.29 is 9.53 Å². The highest BCUT2D eigenvalue weighted by Gasteiger charge is 2.57. The number of esters is 1. The molecule has 0 aromatic heterocycles. The van der Waals surface area contributed by atoms with Crippen LogP contribution < -0.4 is 0 Å². The summed E-state index contributed by atoms with van der Waals surface area (Å²) in [5.74, 6) is -0.183. The quantitative estimate of drug-likeness (QED) is 0.369. The highest BCUT2D eigenvalue weighted by molar-refractivity contribution is 5.92. The standard InChI is InChI=1S/C16H22O2/c1-10-6-5-7-15(3)8-9-16(4)11(2)14(17)18-13(16)12(10)15/h13H,2,5-9H2,1,3-4H3/t13-,15+,16?/m0/s1. The van der Waals surface area contributed by atoms with Crippen LogP contribution in [0.2, 0.25) is 0 Å². The van der Waals surface area contributed by atoms with Crippen LogP contribution in [0.15, 0.2) is 23.3 Å². The number of ether oxygens (including phenoxy) is 1. The fourth-order valence-corrected chi connectivity index (χ4v) is 4.22. The van der Waals surface area contributed by atoms with E-state index in [1.165, 1.54) is 24.0 Å². The number of carbonyl (C=O) groups excluding carboxylic acids is 1.